The van der Waals surface area contributed by atoms with Gasteiger partial charge in [0.25, 0.3) is 0 Å². The normalized spacial score (nSPS) is 17.2. The van der Waals surface area contributed by atoms with Crippen LogP contribution in [-0.4, -0.2) is 15.3 Å². The number of rotatable bonds is 0. The molecule has 0 radical (unpaired) electrons. The number of nitrogen functional groups attached to an aromatic ring is 1. The number of carbonyl (C=O) groups excluding carboxylic acids is 1. The van der Waals surface area contributed by atoms with Crippen LogP contribution in [0, 0.1) is 17.8 Å². The van der Waals surface area contributed by atoms with Crippen molar-refractivity contribution in [1.82, 2.24) is 9.55 Å². The predicted molar refractivity (Wildman–Crippen MR) is 77.2 cm³/mol. The molecule has 0 amide bonds. The first-order valence-electron chi connectivity index (χ1n) is 6.60. The number of nitrogens with two attached hydrogens (primary N) is 1. The molecule has 2 aromatic rings. The fourth-order valence-corrected chi connectivity index (χ4v) is 2.44. The summed E-state index contributed by atoms with van der Waals surface area (Å²) < 4.78 is 1.99. The first-order chi connectivity index (χ1) is 9.61. The van der Waals surface area contributed by atoms with E-state index in [-0.39, 0.29) is 5.78 Å². The summed E-state index contributed by atoms with van der Waals surface area (Å²) in [6.07, 6.45) is 2.55. The Bertz CT molecular complexity index is 734. The van der Waals surface area contributed by atoms with Gasteiger partial charge in [0.1, 0.15) is 11.5 Å². The molecule has 0 saturated heterocycles. The minimum Gasteiger partial charge on any atom is -0.384 e. The van der Waals surface area contributed by atoms with Gasteiger partial charge in [-0.15, -0.1) is 0 Å². The number of pyridine rings is 1. The molecule has 4 heteroatoms. The Morgan fingerprint density at radius 2 is 2.25 bits per heavy atom. The van der Waals surface area contributed by atoms with E-state index in [0.717, 1.165) is 17.8 Å². The van der Waals surface area contributed by atoms with Crippen molar-refractivity contribution in [3.05, 3.63) is 47.4 Å². The molecule has 1 unspecified atom stereocenters. The van der Waals surface area contributed by atoms with Gasteiger partial charge < -0.3 is 10.3 Å². The molecule has 1 atom stereocenters. The smallest absolute Gasteiger partial charge is 0.179 e. The fourth-order valence-electron chi connectivity index (χ4n) is 2.44. The lowest BCUT2D eigenvalue weighted by molar-refractivity contribution is 0.0929. The van der Waals surface area contributed by atoms with Crippen molar-refractivity contribution < 1.29 is 4.79 Å². The zero-order valence-electron chi connectivity index (χ0n) is 11.3. The van der Waals surface area contributed by atoms with Crippen molar-refractivity contribution in [3.63, 3.8) is 0 Å². The number of nitrogens with zero attached hydrogens (tertiary/aromatic N) is 2. The lowest BCUT2D eigenvalue weighted by Gasteiger charge is -2.19. The third-order valence-electron chi connectivity index (χ3n) is 3.33. The molecule has 1 aliphatic heterocycles. The molecule has 1 aliphatic rings. The summed E-state index contributed by atoms with van der Waals surface area (Å²) in [5.74, 6) is 7.05. The highest BCUT2D eigenvalue weighted by Gasteiger charge is 2.22. The molecule has 0 aliphatic carbocycles. The highest BCUT2D eigenvalue weighted by molar-refractivity contribution is 5.95. The molecule has 0 bridgehead atoms. The maximum Gasteiger partial charge on any atom is 0.179 e. The minimum absolute atomic E-state index is 0.193. The first-order valence-corrected chi connectivity index (χ1v) is 6.60. The van der Waals surface area contributed by atoms with Crippen molar-refractivity contribution in [2.45, 2.75) is 19.9 Å². The van der Waals surface area contributed by atoms with E-state index in [0.29, 0.717) is 23.9 Å². The largest absolute Gasteiger partial charge is 0.384 e. The number of aromatic nitrogens is 2. The Balaban J connectivity index is 1.90. The monoisotopic (exact) mass is 265 g/mol. The molecule has 4 nitrogen and oxygen atoms in total. The van der Waals surface area contributed by atoms with Crippen LogP contribution in [0.3, 0.4) is 0 Å². The maximum absolute atomic E-state index is 11.9. The first kappa shape index (κ1) is 12.5. The zero-order chi connectivity index (χ0) is 14.1. The van der Waals surface area contributed by atoms with Gasteiger partial charge in [0.2, 0.25) is 0 Å². The molecule has 2 N–H and O–H groups in total. The quantitative estimate of drug-likeness (QED) is 0.742. The number of ketones is 1. The van der Waals surface area contributed by atoms with E-state index < -0.39 is 0 Å². The van der Waals surface area contributed by atoms with Crippen molar-refractivity contribution in [2.75, 3.05) is 5.73 Å². The van der Waals surface area contributed by atoms with E-state index >= 15 is 0 Å². The van der Waals surface area contributed by atoms with Crippen LogP contribution in [0.5, 0.6) is 0 Å². The summed E-state index contributed by atoms with van der Waals surface area (Å²) in [5, 5.41) is 0. The highest BCUT2D eigenvalue weighted by Crippen LogP contribution is 2.21. The van der Waals surface area contributed by atoms with E-state index in [1.165, 1.54) is 0 Å². The highest BCUT2D eigenvalue weighted by atomic mass is 16.1. The van der Waals surface area contributed by atoms with Crippen molar-refractivity contribution in [1.29, 1.82) is 0 Å². The van der Waals surface area contributed by atoms with Gasteiger partial charge >= 0.3 is 0 Å². The Labute approximate surface area is 117 Å². The van der Waals surface area contributed by atoms with E-state index in [9.17, 15) is 4.79 Å². The molecular weight excluding hydrogens is 250 g/mol. The minimum atomic E-state index is 0.193. The predicted octanol–water partition coefficient (Wildman–Crippen LogP) is 2.09. The summed E-state index contributed by atoms with van der Waals surface area (Å²) in [7, 11) is 0. The maximum atomic E-state index is 11.9. The van der Waals surface area contributed by atoms with Crippen molar-refractivity contribution in [2.24, 2.45) is 5.92 Å². The molecule has 2 aromatic heterocycles. The van der Waals surface area contributed by atoms with Gasteiger partial charge in [-0.3, -0.25) is 4.79 Å². The molecule has 0 aromatic carbocycles. The van der Waals surface area contributed by atoms with Gasteiger partial charge in [-0.05, 0) is 30.0 Å². The zero-order valence-corrected chi connectivity index (χ0v) is 11.3. The molecule has 3 heterocycles. The second-order valence-corrected chi connectivity index (χ2v) is 5.20. The summed E-state index contributed by atoms with van der Waals surface area (Å²) in [4.78, 5) is 16.1. The lowest BCUT2D eigenvalue weighted by Crippen LogP contribution is -2.22. The van der Waals surface area contributed by atoms with Gasteiger partial charge in [-0.25, -0.2) is 4.98 Å². The topological polar surface area (TPSA) is 60.9 Å². The molecule has 3 rings (SSSR count). The number of carbonyl (C=O) groups is 1. The van der Waals surface area contributed by atoms with Crippen molar-refractivity contribution in [3.8, 4) is 11.8 Å². The second kappa shape index (κ2) is 4.86. The van der Waals surface area contributed by atoms with Gasteiger partial charge in [-0.2, -0.15) is 0 Å². The van der Waals surface area contributed by atoms with Crippen LogP contribution in [-0.2, 0) is 6.54 Å². The van der Waals surface area contributed by atoms with Gasteiger partial charge in [0.15, 0.2) is 5.78 Å². The number of hydrogen-bond donors (Lipinski definition) is 1. The number of Topliss-reactive ketones (excluding diaryl/α,β-unsaturated/α-hetero) is 1. The van der Waals surface area contributed by atoms with Crippen molar-refractivity contribution >= 4 is 11.6 Å². The summed E-state index contributed by atoms with van der Waals surface area (Å²) in [6.45, 7) is 2.96. The Morgan fingerprint density at radius 3 is 3.05 bits per heavy atom. The number of hydrogen-bond acceptors (Lipinski definition) is 3. The second-order valence-electron chi connectivity index (χ2n) is 5.20. The van der Waals surface area contributed by atoms with Gasteiger partial charge in [-0.1, -0.05) is 18.9 Å². The van der Waals surface area contributed by atoms with Gasteiger partial charge in [0.05, 0.1) is 5.69 Å². The summed E-state index contributed by atoms with van der Waals surface area (Å²) in [6, 6.07) is 7.21. The molecule has 100 valence electrons. The van der Waals surface area contributed by atoms with Crippen LogP contribution >= 0.6 is 0 Å². The van der Waals surface area contributed by atoms with Crippen LogP contribution in [0.25, 0.3) is 0 Å². The average Bonchev–Trinajstić information content (AvgIpc) is 2.80. The SMILES string of the molecule is CC1CC(=O)c2cc(C#Cc3cccc(N)n3)cn2C1. The Morgan fingerprint density at radius 1 is 1.40 bits per heavy atom. The third kappa shape index (κ3) is 2.43. The van der Waals surface area contributed by atoms with Crippen LogP contribution in [0.15, 0.2) is 30.5 Å². The standard InChI is InChI=1S/C16H15N3O/c1-11-7-15(20)14-8-12(10-19(14)9-11)5-6-13-3-2-4-16(17)18-13/h2-4,8,10-11H,7,9H2,1H3,(H2,17,18). The summed E-state index contributed by atoms with van der Waals surface area (Å²) >= 11 is 0. The summed E-state index contributed by atoms with van der Waals surface area (Å²) in [5.41, 5.74) is 7.84. The van der Waals surface area contributed by atoms with E-state index in [2.05, 4.69) is 23.7 Å². The van der Waals surface area contributed by atoms with E-state index in [1.807, 2.05) is 29.0 Å². The number of anilines is 1. The van der Waals surface area contributed by atoms with Crippen LogP contribution < -0.4 is 5.73 Å². The van der Waals surface area contributed by atoms with E-state index in [1.54, 1.807) is 6.07 Å². The molecule has 0 saturated carbocycles. The Kier molecular flexibility index (Phi) is 3.03. The molecule has 0 spiro atoms. The lowest BCUT2D eigenvalue weighted by atomic mass is 9.99. The van der Waals surface area contributed by atoms with Crippen LogP contribution in [0.2, 0.25) is 0 Å². The molecule has 20 heavy (non-hydrogen) atoms. The van der Waals surface area contributed by atoms with Crippen LogP contribution in [0.1, 0.15) is 35.1 Å². The number of fused-ring (bicyclic) bond motifs is 1. The average molecular weight is 265 g/mol. The Hall–Kier alpha value is -2.54. The van der Waals surface area contributed by atoms with Crippen LogP contribution in [0.4, 0.5) is 5.82 Å². The van der Waals surface area contributed by atoms with Gasteiger partial charge in [0, 0.05) is 24.7 Å². The fraction of sp³-hybridized carbons (Fsp3) is 0.250. The molecule has 0 fully saturated rings. The third-order valence-corrected chi connectivity index (χ3v) is 3.33. The molecular formula is C16H15N3O. The van der Waals surface area contributed by atoms with E-state index in [4.69, 9.17) is 5.73 Å².